The summed E-state index contributed by atoms with van der Waals surface area (Å²) in [5.74, 6) is -0.874. The molecule has 0 bridgehead atoms. The van der Waals surface area contributed by atoms with Gasteiger partial charge in [-0.1, -0.05) is 11.3 Å². The number of likely N-dealkylation sites (tertiary alicyclic amines) is 1. The highest BCUT2D eigenvalue weighted by Gasteiger charge is 2.30. The van der Waals surface area contributed by atoms with Crippen LogP contribution < -0.4 is 14.3 Å². The fourth-order valence-electron chi connectivity index (χ4n) is 2.97. The number of fused-ring (bicyclic) bond motifs is 2. The third kappa shape index (κ3) is 3.24. The summed E-state index contributed by atoms with van der Waals surface area (Å²) in [6.45, 7) is -0.478. The molecule has 2 aliphatic heterocycles. The Bertz CT molecular complexity index is 1070. The van der Waals surface area contributed by atoms with Crippen LogP contribution in [0.2, 0.25) is 0 Å². The first-order valence-electron chi connectivity index (χ1n) is 8.37. The van der Waals surface area contributed by atoms with Crippen molar-refractivity contribution in [3.63, 3.8) is 0 Å². The molecule has 0 atom stereocenters. The van der Waals surface area contributed by atoms with Gasteiger partial charge in [0.05, 0.1) is 17.3 Å². The molecule has 4 rings (SSSR count). The van der Waals surface area contributed by atoms with Crippen molar-refractivity contribution < 1.29 is 33.4 Å². The van der Waals surface area contributed by atoms with Gasteiger partial charge in [0, 0.05) is 25.0 Å². The molecule has 3 heterocycles. The van der Waals surface area contributed by atoms with E-state index < -0.39 is 30.2 Å². The first-order valence-corrected chi connectivity index (χ1v) is 9.18. The van der Waals surface area contributed by atoms with Gasteiger partial charge in [0.15, 0.2) is 16.3 Å². The maximum absolute atomic E-state index is 12.4. The van der Waals surface area contributed by atoms with Crippen molar-refractivity contribution in [3.05, 3.63) is 16.9 Å². The van der Waals surface area contributed by atoms with Crippen molar-refractivity contribution in [2.24, 2.45) is 4.99 Å². The van der Waals surface area contributed by atoms with Gasteiger partial charge in [-0.05, 0) is 0 Å². The van der Waals surface area contributed by atoms with Crippen LogP contribution in [0.25, 0.3) is 10.2 Å². The van der Waals surface area contributed by atoms with E-state index in [1.54, 1.807) is 12.1 Å². The molecule has 28 heavy (non-hydrogen) atoms. The lowest BCUT2D eigenvalue weighted by Crippen LogP contribution is -2.34. The number of hydrogen-bond donors (Lipinski definition) is 0. The number of imide groups is 1. The van der Waals surface area contributed by atoms with Gasteiger partial charge < -0.3 is 18.8 Å². The molecular formula is C17H15N3O7S. The van der Waals surface area contributed by atoms with E-state index in [1.807, 2.05) is 0 Å². The normalized spacial score (nSPS) is 16.3. The van der Waals surface area contributed by atoms with E-state index >= 15 is 0 Å². The summed E-state index contributed by atoms with van der Waals surface area (Å²) in [6, 6.07) is 3.45. The molecule has 1 aromatic carbocycles. The van der Waals surface area contributed by atoms with Crippen LogP contribution in [0.3, 0.4) is 0 Å². The average Bonchev–Trinajstić information content (AvgIpc) is 3.34. The number of benzene rings is 1. The molecule has 10 nitrogen and oxygen atoms in total. The number of thiazole rings is 1. The van der Waals surface area contributed by atoms with Crippen molar-refractivity contribution in [2.45, 2.75) is 19.4 Å². The van der Waals surface area contributed by atoms with Crippen LogP contribution in [-0.2, 0) is 30.5 Å². The van der Waals surface area contributed by atoms with Crippen LogP contribution in [0.4, 0.5) is 0 Å². The van der Waals surface area contributed by atoms with Gasteiger partial charge in [-0.25, -0.2) is 0 Å². The summed E-state index contributed by atoms with van der Waals surface area (Å²) in [5, 5.41) is 0. The van der Waals surface area contributed by atoms with Gasteiger partial charge in [-0.15, -0.1) is 0 Å². The summed E-state index contributed by atoms with van der Waals surface area (Å²) in [7, 11) is 1.26. The molecular weight excluding hydrogens is 390 g/mol. The minimum absolute atomic E-state index is 0.100. The highest BCUT2D eigenvalue weighted by atomic mass is 32.1. The van der Waals surface area contributed by atoms with Gasteiger partial charge in [0.1, 0.15) is 13.1 Å². The number of esters is 1. The average molecular weight is 405 g/mol. The van der Waals surface area contributed by atoms with Crippen LogP contribution >= 0.6 is 11.3 Å². The van der Waals surface area contributed by atoms with Crippen molar-refractivity contribution in [1.82, 2.24) is 9.47 Å². The Morgan fingerprint density at radius 2 is 1.82 bits per heavy atom. The van der Waals surface area contributed by atoms with E-state index in [2.05, 4.69) is 4.99 Å². The third-order valence-electron chi connectivity index (χ3n) is 4.36. The van der Waals surface area contributed by atoms with Crippen molar-refractivity contribution in [3.8, 4) is 11.5 Å². The second-order valence-electron chi connectivity index (χ2n) is 6.10. The lowest BCUT2D eigenvalue weighted by Gasteiger charge is -2.10. The molecule has 1 fully saturated rings. The fraction of sp³-hybridized carbons (Fsp3) is 0.353. The highest BCUT2D eigenvalue weighted by molar-refractivity contribution is 7.16. The van der Waals surface area contributed by atoms with Crippen LogP contribution in [0.1, 0.15) is 12.8 Å². The second kappa shape index (κ2) is 7.08. The van der Waals surface area contributed by atoms with Crippen molar-refractivity contribution in [1.29, 1.82) is 0 Å². The summed E-state index contributed by atoms with van der Waals surface area (Å²) < 4.78 is 17.7. The molecule has 1 aromatic heterocycles. The number of carbonyl (C=O) groups excluding carboxylic acids is 4. The van der Waals surface area contributed by atoms with Crippen molar-refractivity contribution in [2.75, 3.05) is 20.4 Å². The minimum Gasteiger partial charge on any atom is -0.468 e. The van der Waals surface area contributed by atoms with Gasteiger partial charge in [-0.2, -0.15) is 4.99 Å². The lowest BCUT2D eigenvalue weighted by atomic mass is 10.3. The molecule has 0 saturated carbocycles. The van der Waals surface area contributed by atoms with Crippen LogP contribution in [-0.4, -0.2) is 53.6 Å². The van der Waals surface area contributed by atoms with Crippen molar-refractivity contribution >= 4 is 45.2 Å². The Morgan fingerprint density at radius 3 is 2.50 bits per heavy atom. The number of nitrogens with zero attached hydrogens (tertiary/aromatic N) is 3. The predicted octanol–water partition coefficient (Wildman–Crippen LogP) is 0.181. The molecule has 146 valence electrons. The van der Waals surface area contributed by atoms with Gasteiger partial charge in [0.2, 0.25) is 18.6 Å². The zero-order valence-electron chi connectivity index (χ0n) is 14.8. The van der Waals surface area contributed by atoms with E-state index in [0.29, 0.717) is 17.0 Å². The molecule has 0 spiro atoms. The molecule has 1 saturated heterocycles. The zero-order valence-corrected chi connectivity index (χ0v) is 15.6. The summed E-state index contributed by atoms with van der Waals surface area (Å²) in [4.78, 5) is 52.8. The Hall–Kier alpha value is -3.21. The smallest absolute Gasteiger partial charge is 0.325 e. The second-order valence-corrected chi connectivity index (χ2v) is 7.11. The molecule has 0 unspecified atom stereocenters. The zero-order chi connectivity index (χ0) is 19.8. The van der Waals surface area contributed by atoms with Crippen LogP contribution in [0.5, 0.6) is 11.5 Å². The SMILES string of the molecule is COC(=O)Cn1c(=NC(=O)CN2C(=O)CCC2=O)sc2cc3c(cc21)OCO3. The first-order chi connectivity index (χ1) is 13.5. The van der Waals surface area contributed by atoms with Crippen LogP contribution in [0.15, 0.2) is 17.1 Å². The van der Waals surface area contributed by atoms with E-state index in [4.69, 9.17) is 14.2 Å². The quantitative estimate of drug-likeness (QED) is 0.526. The number of hydrogen-bond acceptors (Lipinski definition) is 8. The van der Waals surface area contributed by atoms with E-state index in [-0.39, 0.29) is 31.0 Å². The van der Waals surface area contributed by atoms with Crippen LogP contribution in [0, 0.1) is 0 Å². The number of aromatic nitrogens is 1. The highest BCUT2D eigenvalue weighted by Crippen LogP contribution is 2.37. The largest absolute Gasteiger partial charge is 0.468 e. The molecule has 0 aliphatic carbocycles. The predicted molar refractivity (Wildman–Crippen MR) is 94.5 cm³/mol. The molecule has 0 radical (unpaired) electrons. The molecule has 3 amide bonds. The standard InChI is InChI=1S/C17H15N3O7S/c1-25-16(24)7-19-9-4-10-11(27-8-26-10)5-12(9)28-17(19)18-13(21)6-20-14(22)2-3-15(20)23/h4-5H,2-3,6-8H2,1H3. The topological polar surface area (TPSA) is 116 Å². The summed E-state index contributed by atoms with van der Waals surface area (Å²) >= 11 is 1.17. The van der Waals surface area contributed by atoms with E-state index in [9.17, 15) is 19.2 Å². The molecule has 0 N–H and O–H groups in total. The molecule has 2 aliphatic rings. The lowest BCUT2D eigenvalue weighted by molar-refractivity contribution is -0.142. The fourth-order valence-corrected chi connectivity index (χ4v) is 4.02. The van der Waals surface area contributed by atoms with Gasteiger partial charge in [-0.3, -0.25) is 24.1 Å². The Morgan fingerprint density at radius 1 is 1.14 bits per heavy atom. The molecule has 11 heteroatoms. The monoisotopic (exact) mass is 405 g/mol. The Labute approximate surface area is 161 Å². The van der Waals surface area contributed by atoms with E-state index in [0.717, 1.165) is 9.60 Å². The third-order valence-corrected chi connectivity index (χ3v) is 5.40. The minimum atomic E-state index is -0.659. The van der Waals surface area contributed by atoms with E-state index in [1.165, 1.54) is 23.0 Å². The maximum Gasteiger partial charge on any atom is 0.325 e. The summed E-state index contributed by atoms with van der Waals surface area (Å²) in [6.07, 6.45) is 0.200. The number of ether oxygens (including phenoxy) is 3. The summed E-state index contributed by atoms with van der Waals surface area (Å²) in [5.41, 5.74) is 0.625. The molecule has 2 aromatic rings. The first kappa shape index (κ1) is 18.2. The maximum atomic E-state index is 12.4. The number of carbonyl (C=O) groups is 4. The van der Waals surface area contributed by atoms with Gasteiger partial charge in [0.25, 0.3) is 5.91 Å². The number of amides is 3. The van der Waals surface area contributed by atoms with Gasteiger partial charge >= 0.3 is 5.97 Å². The number of rotatable bonds is 4. The Balaban J connectivity index is 1.74. The number of methoxy groups -OCH3 is 1. The Kier molecular flexibility index (Phi) is 4.59.